The van der Waals surface area contributed by atoms with Crippen molar-refractivity contribution in [1.82, 2.24) is 0 Å². The molecule has 14 heavy (non-hydrogen) atoms. The summed E-state index contributed by atoms with van der Waals surface area (Å²) in [6, 6.07) is 5.66. The average Bonchev–Trinajstić information content (AvgIpc) is 2.95. The van der Waals surface area contributed by atoms with Crippen LogP contribution < -0.4 is 9.47 Å². The second-order valence-corrected chi connectivity index (χ2v) is 3.89. The molecule has 1 aromatic carbocycles. The van der Waals surface area contributed by atoms with Crippen molar-refractivity contribution >= 4 is 0 Å². The zero-order chi connectivity index (χ0) is 9.54. The standard InChI is InChI=1S/C11H12O3/c12-11(7-1-2-7)8-3-4-9-10(5-8)14-6-13-9/h3-5,7,11-12H,1-2,6H2. The normalized spacial score (nSPS) is 20.9. The predicted molar refractivity (Wildman–Crippen MR) is 50.2 cm³/mol. The van der Waals surface area contributed by atoms with Crippen molar-refractivity contribution in [2.24, 2.45) is 5.92 Å². The van der Waals surface area contributed by atoms with Crippen LogP contribution in [0.15, 0.2) is 18.2 Å². The smallest absolute Gasteiger partial charge is 0.231 e. The molecule has 0 saturated heterocycles. The van der Waals surface area contributed by atoms with Gasteiger partial charge >= 0.3 is 0 Å². The minimum atomic E-state index is -0.329. The second-order valence-electron chi connectivity index (χ2n) is 3.89. The molecule has 1 atom stereocenters. The molecule has 0 bridgehead atoms. The first-order valence-electron chi connectivity index (χ1n) is 4.92. The molecule has 1 aromatic rings. The summed E-state index contributed by atoms with van der Waals surface area (Å²) in [5.74, 6) is 1.98. The van der Waals surface area contributed by atoms with Gasteiger partial charge in [-0.1, -0.05) is 6.07 Å². The van der Waals surface area contributed by atoms with Crippen LogP contribution in [0.4, 0.5) is 0 Å². The highest BCUT2D eigenvalue weighted by atomic mass is 16.7. The molecule has 1 saturated carbocycles. The Hall–Kier alpha value is -1.22. The van der Waals surface area contributed by atoms with Gasteiger partial charge in [0.2, 0.25) is 6.79 Å². The Labute approximate surface area is 82.3 Å². The van der Waals surface area contributed by atoms with Crippen molar-refractivity contribution in [3.05, 3.63) is 23.8 Å². The first-order valence-corrected chi connectivity index (χ1v) is 4.92. The number of hydrogen-bond acceptors (Lipinski definition) is 3. The van der Waals surface area contributed by atoms with E-state index in [1.54, 1.807) is 0 Å². The molecule has 0 amide bonds. The molecule has 2 aliphatic rings. The number of aliphatic hydroxyl groups is 1. The Bertz CT molecular complexity index is 358. The Morgan fingerprint density at radius 1 is 1.21 bits per heavy atom. The molecule has 3 heteroatoms. The van der Waals surface area contributed by atoms with E-state index in [1.807, 2.05) is 18.2 Å². The van der Waals surface area contributed by atoms with Gasteiger partial charge in [-0.15, -0.1) is 0 Å². The highest BCUT2D eigenvalue weighted by Crippen LogP contribution is 2.43. The first-order chi connectivity index (χ1) is 6.84. The lowest BCUT2D eigenvalue weighted by Crippen LogP contribution is -1.98. The zero-order valence-corrected chi connectivity index (χ0v) is 7.77. The fraction of sp³-hybridized carbons (Fsp3) is 0.455. The van der Waals surface area contributed by atoms with Crippen LogP contribution in [0.3, 0.4) is 0 Å². The molecule has 74 valence electrons. The summed E-state index contributed by atoms with van der Waals surface area (Å²) < 4.78 is 10.5. The largest absolute Gasteiger partial charge is 0.454 e. The SMILES string of the molecule is OC(c1ccc2c(c1)OCO2)C1CC1. The van der Waals surface area contributed by atoms with Crippen molar-refractivity contribution in [1.29, 1.82) is 0 Å². The third-order valence-corrected chi connectivity index (χ3v) is 2.81. The molecular formula is C11H12O3. The van der Waals surface area contributed by atoms with Crippen LogP contribution in [0.2, 0.25) is 0 Å². The summed E-state index contributed by atoms with van der Waals surface area (Å²) in [5, 5.41) is 9.90. The molecule has 1 fully saturated rings. The molecule has 3 nitrogen and oxygen atoms in total. The third-order valence-electron chi connectivity index (χ3n) is 2.81. The van der Waals surface area contributed by atoms with Gasteiger partial charge in [-0.05, 0) is 36.5 Å². The molecule has 3 rings (SSSR count). The monoisotopic (exact) mass is 192 g/mol. The maximum atomic E-state index is 9.90. The molecule has 1 aliphatic carbocycles. The van der Waals surface area contributed by atoms with Crippen LogP contribution in [0.5, 0.6) is 11.5 Å². The van der Waals surface area contributed by atoms with Gasteiger partial charge in [0, 0.05) is 0 Å². The van der Waals surface area contributed by atoms with Crippen LogP contribution in [0, 0.1) is 5.92 Å². The predicted octanol–water partition coefficient (Wildman–Crippen LogP) is 1.86. The van der Waals surface area contributed by atoms with Gasteiger partial charge in [0.25, 0.3) is 0 Å². The maximum absolute atomic E-state index is 9.90. The Balaban J connectivity index is 1.91. The Morgan fingerprint density at radius 2 is 2.00 bits per heavy atom. The maximum Gasteiger partial charge on any atom is 0.231 e. The van der Waals surface area contributed by atoms with E-state index in [9.17, 15) is 5.11 Å². The average molecular weight is 192 g/mol. The number of aliphatic hydroxyl groups excluding tert-OH is 1. The molecule has 1 heterocycles. The minimum absolute atomic E-state index is 0.290. The van der Waals surface area contributed by atoms with Crippen molar-refractivity contribution in [3.63, 3.8) is 0 Å². The molecule has 1 aliphatic heterocycles. The quantitative estimate of drug-likeness (QED) is 0.777. The van der Waals surface area contributed by atoms with Crippen LogP contribution in [-0.4, -0.2) is 11.9 Å². The van der Waals surface area contributed by atoms with Crippen LogP contribution in [-0.2, 0) is 0 Å². The molecule has 1 unspecified atom stereocenters. The van der Waals surface area contributed by atoms with E-state index >= 15 is 0 Å². The van der Waals surface area contributed by atoms with E-state index in [0.29, 0.717) is 5.92 Å². The van der Waals surface area contributed by atoms with E-state index in [-0.39, 0.29) is 12.9 Å². The van der Waals surface area contributed by atoms with Gasteiger partial charge in [-0.2, -0.15) is 0 Å². The summed E-state index contributed by atoms with van der Waals surface area (Å²) in [6.45, 7) is 0.290. The summed E-state index contributed by atoms with van der Waals surface area (Å²) >= 11 is 0. The molecule has 0 spiro atoms. The van der Waals surface area contributed by atoms with Crippen LogP contribution >= 0.6 is 0 Å². The summed E-state index contributed by atoms with van der Waals surface area (Å²) in [6.07, 6.45) is 1.94. The molecular weight excluding hydrogens is 180 g/mol. The topological polar surface area (TPSA) is 38.7 Å². The van der Waals surface area contributed by atoms with E-state index in [4.69, 9.17) is 9.47 Å². The van der Waals surface area contributed by atoms with Gasteiger partial charge in [-0.25, -0.2) is 0 Å². The van der Waals surface area contributed by atoms with Gasteiger partial charge in [-0.3, -0.25) is 0 Å². The molecule has 0 radical (unpaired) electrons. The van der Waals surface area contributed by atoms with E-state index in [1.165, 1.54) is 0 Å². The lowest BCUT2D eigenvalue weighted by Gasteiger charge is -2.09. The van der Waals surface area contributed by atoms with Crippen LogP contribution in [0.1, 0.15) is 24.5 Å². The van der Waals surface area contributed by atoms with Gasteiger partial charge in [0.1, 0.15) is 0 Å². The highest BCUT2D eigenvalue weighted by molar-refractivity contribution is 5.45. The minimum Gasteiger partial charge on any atom is -0.454 e. The number of fused-ring (bicyclic) bond motifs is 1. The van der Waals surface area contributed by atoms with Crippen molar-refractivity contribution < 1.29 is 14.6 Å². The number of ether oxygens (including phenoxy) is 2. The lowest BCUT2D eigenvalue weighted by atomic mass is 10.1. The van der Waals surface area contributed by atoms with E-state index in [2.05, 4.69) is 0 Å². The van der Waals surface area contributed by atoms with E-state index < -0.39 is 0 Å². The van der Waals surface area contributed by atoms with Gasteiger partial charge in [0.05, 0.1) is 6.10 Å². The Morgan fingerprint density at radius 3 is 2.79 bits per heavy atom. The summed E-state index contributed by atoms with van der Waals surface area (Å²) in [5.41, 5.74) is 0.941. The van der Waals surface area contributed by atoms with Crippen molar-refractivity contribution in [2.45, 2.75) is 18.9 Å². The van der Waals surface area contributed by atoms with Gasteiger partial charge < -0.3 is 14.6 Å². The lowest BCUT2D eigenvalue weighted by molar-refractivity contribution is 0.153. The first kappa shape index (κ1) is 8.12. The summed E-state index contributed by atoms with van der Waals surface area (Å²) in [7, 11) is 0. The van der Waals surface area contributed by atoms with Crippen molar-refractivity contribution in [2.75, 3.05) is 6.79 Å². The van der Waals surface area contributed by atoms with Gasteiger partial charge in [0.15, 0.2) is 11.5 Å². The number of benzene rings is 1. The highest BCUT2D eigenvalue weighted by Gasteiger charge is 2.31. The van der Waals surface area contributed by atoms with Crippen molar-refractivity contribution in [3.8, 4) is 11.5 Å². The third kappa shape index (κ3) is 1.24. The second kappa shape index (κ2) is 2.89. The fourth-order valence-electron chi connectivity index (χ4n) is 1.78. The fourth-order valence-corrected chi connectivity index (χ4v) is 1.78. The number of hydrogen-bond donors (Lipinski definition) is 1. The summed E-state index contributed by atoms with van der Waals surface area (Å²) in [4.78, 5) is 0. The van der Waals surface area contributed by atoms with E-state index in [0.717, 1.165) is 29.9 Å². The Kier molecular flexibility index (Phi) is 1.67. The molecule has 0 aromatic heterocycles. The zero-order valence-electron chi connectivity index (χ0n) is 7.77. The number of rotatable bonds is 2. The molecule has 1 N–H and O–H groups in total. The van der Waals surface area contributed by atoms with Crippen LogP contribution in [0.25, 0.3) is 0 Å².